The maximum atomic E-state index is 13.5. The lowest BCUT2D eigenvalue weighted by Crippen LogP contribution is -2.19. The van der Waals surface area contributed by atoms with Crippen LogP contribution in [-0.2, 0) is 6.42 Å². The minimum absolute atomic E-state index is 0.00288. The summed E-state index contributed by atoms with van der Waals surface area (Å²) in [4.78, 5) is 1.02. The maximum absolute atomic E-state index is 13.5. The van der Waals surface area contributed by atoms with E-state index in [1.54, 1.807) is 17.8 Å². The smallest absolute Gasteiger partial charge is 0.127 e. The normalized spacial score (nSPS) is 12.9. The molecule has 0 bridgehead atoms. The largest absolute Gasteiger partial charge is 0.328 e. The monoisotopic (exact) mass is 213 g/mol. The second-order valence-corrected chi connectivity index (χ2v) is 4.64. The van der Waals surface area contributed by atoms with E-state index < -0.39 is 0 Å². The Labute approximate surface area is 88.9 Å². The molecule has 0 fully saturated rings. The Hall–Kier alpha value is -0.540. The van der Waals surface area contributed by atoms with Crippen molar-refractivity contribution in [1.29, 1.82) is 0 Å². The van der Waals surface area contributed by atoms with E-state index >= 15 is 0 Å². The molecule has 1 atom stereocenters. The number of hydrogen-bond donors (Lipinski definition) is 1. The summed E-state index contributed by atoms with van der Waals surface area (Å²) < 4.78 is 13.5. The molecule has 14 heavy (non-hydrogen) atoms. The topological polar surface area (TPSA) is 26.0 Å². The Morgan fingerprint density at radius 3 is 2.79 bits per heavy atom. The fraction of sp³-hybridized carbons (Fsp3) is 0.455. The van der Waals surface area contributed by atoms with Crippen LogP contribution >= 0.6 is 11.8 Å². The van der Waals surface area contributed by atoms with Crippen LogP contribution in [0.3, 0.4) is 0 Å². The van der Waals surface area contributed by atoms with Gasteiger partial charge in [-0.2, -0.15) is 0 Å². The van der Waals surface area contributed by atoms with Crippen molar-refractivity contribution in [1.82, 2.24) is 0 Å². The summed E-state index contributed by atoms with van der Waals surface area (Å²) in [6.07, 6.45) is 0.606. The van der Waals surface area contributed by atoms with Gasteiger partial charge in [0.1, 0.15) is 5.82 Å². The van der Waals surface area contributed by atoms with E-state index in [0.29, 0.717) is 6.42 Å². The van der Waals surface area contributed by atoms with E-state index in [9.17, 15) is 4.39 Å². The first kappa shape index (κ1) is 11.5. The molecule has 0 aliphatic rings. The highest BCUT2D eigenvalue weighted by atomic mass is 32.2. The molecule has 1 unspecified atom stereocenters. The van der Waals surface area contributed by atoms with Gasteiger partial charge in [0.25, 0.3) is 0 Å². The molecule has 0 aromatic heterocycles. The highest BCUT2D eigenvalue weighted by Crippen LogP contribution is 2.25. The molecule has 0 amide bonds. The third-order valence-electron chi connectivity index (χ3n) is 1.90. The molecule has 0 radical (unpaired) electrons. The molecule has 2 N–H and O–H groups in total. The average Bonchev–Trinajstić information content (AvgIpc) is 2.11. The molecule has 78 valence electrons. The summed E-state index contributed by atoms with van der Waals surface area (Å²) in [6.45, 7) is 3.96. The molecule has 0 heterocycles. The van der Waals surface area contributed by atoms with Crippen LogP contribution in [0.15, 0.2) is 23.1 Å². The Morgan fingerprint density at radius 2 is 2.21 bits per heavy atom. The van der Waals surface area contributed by atoms with Crippen molar-refractivity contribution in [3.8, 4) is 0 Å². The lowest BCUT2D eigenvalue weighted by Gasteiger charge is -2.11. The van der Waals surface area contributed by atoms with Gasteiger partial charge in [0.15, 0.2) is 0 Å². The SMILES string of the molecule is CCSc1cccc(F)c1CC(C)N. The number of rotatable bonds is 4. The van der Waals surface area contributed by atoms with Gasteiger partial charge in [0, 0.05) is 16.5 Å². The van der Waals surface area contributed by atoms with Crippen molar-refractivity contribution < 1.29 is 4.39 Å². The second-order valence-electron chi connectivity index (χ2n) is 3.33. The van der Waals surface area contributed by atoms with Gasteiger partial charge in [0.2, 0.25) is 0 Å². The van der Waals surface area contributed by atoms with Gasteiger partial charge in [-0.1, -0.05) is 13.0 Å². The first-order chi connectivity index (χ1) is 6.65. The Morgan fingerprint density at radius 1 is 1.50 bits per heavy atom. The summed E-state index contributed by atoms with van der Waals surface area (Å²) in [5.74, 6) is 0.816. The number of nitrogens with two attached hydrogens (primary N) is 1. The number of halogens is 1. The van der Waals surface area contributed by atoms with Gasteiger partial charge >= 0.3 is 0 Å². The van der Waals surface area contributed by atoms with Gasteiger partial charge in [-0.05, 0) is 31.2 Å². The van der Waals surface area contributed by atoms with Crippen molar-refractivity contribution in [2.45, 2.75) is 31.2 Å². The Bertz CT molecular complexity index is 299. The summed E-state index contributed by atoms with van der Waals surface area (Å²) in [6, 6.07) is 5.20. The number of benzene rings is 1. The molecule has 1 aromatic rings. The van der Waals surface area contributed by atoms with Crippen LogP contribution < -0.4 is 5.73 Å². The third-order valence-corrected chi connectivity index (χ3v) is 2.88. The van der Waals surface area contributed by atoms with Crippen molar-refractivity contribution in [2.75, 3.05) is 5.75 Å². The van der Waals surface area contributed by atoms with Gasteiger partial charge in [-0.3, -0.25) is 0 Å². The molecular weight excluding hydrogens is 197 g/mol. The zero-order valence-corrected chi connectivity index (χ0v) is 9.40. The molecular formula is C11H16FNS. The summed E-state index contributed by atoms with van der Waals surface area (Å²) in [5.41, 5.74) is 6.44. The standard InChI is InChI=1S/C11H16FNS/c1-3-14-11-6-4-5-10(12)9(11)7-8(2)13/h4-6,8H,3,7,13H2,1-2H3. The predicted octanol–water partition coefficient (Wildman–Crippen LogP) is 2.83. The third kappa shape index (κ3) is 3.00. The van der Waals surface area contributed by atoms with Crippen LogP contribution in [0.1, 0.15) is 19.4 Å². The van der Waals surface area contributed by atoms with E-state index in [2.05, 4.69) is 6.92 Å². The van der Waals surface area contributed by atoms with Crippen molar-refractivity contribution in [3.63, 3.8) is 0 Å². The molecule has 3 heteroatoms. The molecule has 0 saturated carbocycles. The van der Waals surface area contributed by atoms with Crippen LogP contribution in [0.2, 0.25) is 0 Å². The molecule has 0 aliphatic heterocycles. The zero-order valence-electron chi connectivity index (χ0n) is 8.59. The number of thioether (sulfide) groups is 1. The maximum Gasteiger partial charge on any atom is 0.127 e. The van der Waals surface area contributed by atoms with Crippen molar-refractivity contribution >= 4 is 11.8 Å². The summed E-state index contributed by atoms with van der Waals surface area (Å²) >= 11 is 1.66. The Balaban J connectivity index is 2.96. The van der Waals surface area contributed by atoms with Gasteiger partial charge in [-0.25, -0.2) is 4.39 Å². The average molecular weight is 213 g/mol. The molecule has 0 spiro atoms. The first-order valence-electron chi connectivity index (χ1n) is 4.81. The van der Waals surface area contributed by atoms with Crippen LogP contribution in [0.5, 0.6) is 0 Å². The van der Waals surface area contributed by atoms with Crippen LogP contribution in [0.4, 0.5) is 4.39 Å². The minimum atomic E-state index is -0.138. The fourth-order valence-electron chi connectivity index (χ4n) is 1.35. The zero-order chi connectivity index (χ0) is 10.6. The molecule has 1 aromatic carbocycles. The van der Waals surface area contributed by atoms with E-state index in [0.717, 1.165) is 16.2 Å². The van der Waals surface area contributed by atoms with E-state index in [4.69, 9.17) is 5.73 Å². The van der Waals surface area contributed by atoms with Crippen LogP contribution in [0, 0.1) is 5.82 Å². The second kappa shape index (κ2) is 5.37. The molecule has 0 aliphatic carbocycles. The van der Waals surface area contributed by atoms with Gasteiger partial charge in [-0.15, -0.1) is 11.8 Å². The lowest BCUT2D eigenvalue weighted by atomic mass is 10.1. The molecule has 1 nitrogen and oxygen atoms in total. The lowest BCUT2D eigenvalue weighted by molar-refractivity contribution is 0.588. The van der Waals surface area contributed by atoms with Gasteiger partial charge < -0.3 is 5.73 Å². The minimum Gasteiger partial charge on any atom is -0.328 e. The summed E-state index contributed by atoms with van der Waals surface area (Å²) in [5, 5.41) is 0. The molecule has 1 rings (SSSR count). The summed E-state index contributed by atoms with van der Waals surface area (Å²) in [7, 11) is 0. The van der Waals surface area contributed by atoms with E-state index in [1.165, 1.54) is 6.07 Å². The quantitative estimate of drug-likeness (QED) is 0.778. The highest BCUT2D eigenvalue weighted by Gasteiger charge is 2.09. The van der Waals surface area contributed by atoms with Gasteiger partial charge in [0.05, 0.1) is 0 Å². The van der Waals surface area contributed by atoms with Crippen molar-refractivity contribution in [2.24, 2.45) is 5.73 Å². The van der Waals surface area contributed by atoms with E-state index in [-0.39, 0.29) is 11.9 Å². The fourth-order valence-corrected chi connectivity index (χ4v) is 2.19. The van der Waals surface area contributed by atoms with E-state index in [1.807, 2.05) is 13.0 Å². The van der Waals surface area contributed by atoms with Crippen molar-refractivity contribution in [3.05, 3.63) is 29.6 Å². The Kier molecular flexibility index (Phi) is 4.42. The number of hydrogen-bond acceptors (Lipinski definition) is 2. The highest BCUT2D eigenvalue weighted by molar-refractivity contribution is 7.99. The van der Waals surface area contributed by atoms with Crippen LogP contribution in [0.25, 0.3) is 0 Å². The first-order valence-corrected chi connectivity index (χ1v) is 5.79. The molecule has 0 saturated heterocycles. The predicted molar refractivity (Wildman–Crippen MR) is 60.2 cm³/mol. The van der Waals surface area contributed by atoms with Crippen LogP contribution in [-0.4, -0.2) is 11.8 Å².